The Morgan fingerprint density at radius 3 is 1.36 bits per heavy atom. The lowest BCUT2D eigenvalue weighted by atomic mass is 9.85. The van der Waals surface area contributed by atoms with Crippen molar-refractivity contribution >= 4 is 21.8 Å². The Balaban J connectivity index is 1.16. The number of rotatable bonds is 7. The van der Waals surface area contributed by atoms with Crippen molar-refractivity contribution in [2.24, 2.45) is 0 Å². The van der Waals surface area contributed by atoms with Crippen LogP contribution >= 0.6 is 0 Å². The van der Waals surface area contributed by atoms with Gasteiger partial charge in [-0.1, -0.05) is 170 Å². The smallest absolute Gasteiger partial charge is 0.160 e. The van der Waals surface area contributed by atoms with Crippen molar-refractivity contribution in [2.45, 2.75) is 0 Å². The van der Waals surface area contributed by atoms with E-state index in [2.05, 4.69) is 109 Å². The second-order valence-corrected chi connectivity index (χ2v) is 14.1. The molecule has 5 heteroatoms. The van der Waals surface area contributed by atoms with Crippen molar-refractivity contribution in [1.29, 1.82) is 5.26 Å². The molecule has 270 valence electrons. The van der Waals surface area contributed by atoms with Gasteiger partial charge in [0.1, 0.15) is 0 Å². The number of hydrogen-bond donors (Lipinski definition) is 0. The van der Waals surface area contributed by atoms with Gasteiger partial charge in [-0.25, -0.2) is 19.9 Å². The third-order valence-corrected chi connectivity index (χ3v) is 10.5. The van der Waals surface area contributed by atoms with E-state index in [1.165, 1.54) is 0 Å². The van der Waals surface area contributed by atoms with Crippen LogP contribution in [0.25, 0.3) is 100 Å². The lowest BCUT2D eigenvalue weighted by Gasteiger charge is -2.18. The molecule has 2 heterocycles. The van der Waals surface area contributed by atoms with Crippen LogP contribution in [-0.4, -0.2) is 19.9 Å². The molecule has 0 bridgehead atoms. The zero-order chi connectivity index (χ0) is 38.8. The molecule has 0 atom stereocenters. The number of para-hydroxylation sites is 2. The normalized spacial score (nSPS) is 11.1. The molecule has 5 nitrogen and oxygen atoms in total. The van der Waals surface area contributed by atoms with E-state index in [0.29, 0.717) is 17.2 Å². The minimum absolute atomic E-state index is 0.606. The Bertz CT molecular complexity index is 3190. The Hall–Kier alpha value is -8.07. The molecule has 0 saturated carbocycles. The molecule has 0 amide bonds. The fourth-order valence-electron chi connectivity index (χ4n) is 7.83. The molecule has 10 rings (SSSR count). The SMILES string of the molecule is N#Cc1ccccc1-c1cccc(-c2cccc(-c3nc(-c4ccccc4)c4ccccc4n3)c2)c1-c1cccc(-c2nc(-c3ccccc3)c3ccccc3n2)c1. The highest BCUT2D eigenvalue weighted by Crippen LogP contribution is 2.43. The summed E-state index contributed by atoms with van der Waals surface area (Å²) in [6.45, 7) is 0. The number of benzene rings is 8. The second-order valence-electron chi connectivity index (χ2n) is 14.1. The van der Waals surface area contributed by atoms with E-state index in [-0.39, 0.29) is 0 Å². The maximum absolute atomic E-state index is 10.3. The van der Waals surface area contributed by atoms with E-state index in [4.69, 9.17) is 19.9 Å². The van der Waals surface area contributed by atoms with Crippen LogP contribution < -0.4 is 0 Å². The minimum Gasteiger partial charge on any atom is -0.228 e. The quantitative estimate of drug-likeness (QED) is 0.163. The first-order chi connectivity index (χ1) is 28.7. The number of hydrogen-bond acceptors (Lipinski definition) is 5. The Morgan fingerprint density at radius 1 is 0.328 bits per heavy atom. The maximum Gasteiger partial charge on any atom is 0.160 e. The van der Waals surface area contributed by atoms with E-state index in [1.54, 1.807) is 0 Å². The van der Waals surface area contributed by atoms with Crippen LogP contribution in [-0.2, 0) is 0 Å². The van der Waals surface area contributed by atoms with Crippen LogP contribution in [0, 0.1) is 11.3 Å². The summed E-state index contributed by atoms with van der Waals surface area (Å²) in [7, 11) is 0. The number of aromatic nitrogens is 4. The van der Waals surface area contributed by atoms with Crippen LogP contribution in [0.5, 0.6) is 0 Å². The van der Waals surface area contributed by atoms with Crippen molar-refractivity contribution in [3.63, 3.8) is 0 Å². The molecule has 0 saturated heterocycles. The van der Waals surface area contributed by atoms with E-state index in [0.717, 1.165) is 88.8 Å². The summed E-state index contributed by atoms with van der Waals surface area (Å²) in [6.07, 6.45) is 0. The average Bonchev–Trinajstić information content (AvgIpc) is 3.31. The molecule has 2 aromatic heterocycles. The third kappa shape index (κ3) is 6.35. The molecule has 0 radical (unpaired) electrons. The zero-order valence-electron chi connectivity index (χ0n) is 31.3. The van der Waals surface area contributed by atoms with Gasteiger partial charge in [-0.3, -0.25) is 0 Å². The first-order valence-electron chi connectivity index (χ1n) is 19.2. The van der Waals surface area contributed by atoms with Crippen molar-refractivity contribution in [3.8, 4) is 84.7 Å². The van der Waals surface area contributed by atoms with Gasteiger partial charge in [0.25, 0.3) is 0 Å². The van der Waals surface area contributed by atoms with Gasteiger partial charge in [0.15, 0.2) is 11.6 Å². The van der Waals surface area contributed by atoms with Gasteiger partial charge >= 0.3 is 0 Å². The zero-order valence-corrected chi connectivity index (χ0v) is 31.3. The highest BCUT2D eigenvalue weighted by Gasteiger charge is 2.19. The summed E-state index contributed by atoms with van der Waals surface area (Å²) in [6, 6.07) is 70.2. The van der Waals surface area contributed by atoms with Crippen molar-refractivity contribution in [3.05, 3.63) is 206 Å². The van der Waals surface area contributed by atoms with Crippen LogP contribution in [0.2, 0.25) is 0 Å². The van der Waals surface area contributed by atoms with Crippen LogP contribution in [0.1, 0.15) is 5.56 Å². The van der Waals surface area contributed by atoms with Gasteiger partial charge in [0, 0.05) is 38.6 Å². The summed E-state index contributed by atoms with van der Waals surface area (Å²) in [4.78, 5) is 20.5. The largest absolute Gasteiger partial charge is 0.228 e. The highest BCUT2D eigenvalue weighted by molar-refractivity contribution is 5.98. The van der Waals surface area contributed by atoms with Crippen molar-refractivity contribution in [1.82, 2.24) is 19.9 Å². The Labute approximate surface area is 336 Å². The topological polar surface area (TPSA) is 75.3 Å². The molecule has 58 heavy (non-hydrogen) atoms. The summed E-state index contributed by atoms with van der Waals surface area (Å²) >= 11 is 0. The average molecular weight is 740 g/mol. The van der Waals surface area contributed by atoms with Gasteiger partial charge in [-0.2, -0.15) is 5.26 Å². The maximum atomic E-state index is 10.3. The summed E-state index contributed by atoms with van der Waals surface area (Å²) < 4.78 is 0. The lowest BCUT2D eigenvalue weighted by Crippen LogP contribution is -1.97. The third-order valence-electron chi connectivity index (χ3n) is 10.5. The summed E-state index contributed by atoms with van der Waals surface area (Å²) in [5, 5.41) is 12.3. The van der Waals surface area contributed by atoms with E-state index in [1.807, 2.05) is 97.1 Å². The van der Waals surface area contributed by atoms with Crippen molar-refractivity contribution in [2.75, 3.05) is 0 Å². The summed E-state index contributed by atoms with van der Waals surface area (Å²) in [5.74, 6) is 1.29. The molecule has 0 aliphatic rings. The molecule has 0 spiro atoms. The van der Waals surface area contributed by atoms with E-state index < -0.39 is 0 Å². The molecule has 10 aromatic rings. The second kappa shape index (κ2) is 14.9. The molecule has 8 aromatic carbocycles. The molecule has 0 N–H and O–H groups in total. The molecule has 0 fully saturated rings. The first kappa shape index (κ1) is 34.4. The molecule has 0 aliphatic carbocycles. The first-order valence-corrected chi connectivity index (χ1v) is 19.2. The van der Waals surface area contributed by atoms with E-state index in [9.17, 15) is 5.26 Å². The van der Waals surface area contributed by atoms with Gasteiger partial charge < -0.3 is 0 Å². The Kier molecular flexibility index (Phi) is 8.83. The molecular weight excluding hydrogens is 707 g/mol. The number of nitriles is 1. The highest BCUT2D eigenvalue weighted by atomic mass is 14.9. The van der Waals surface area contributed by atoms with Crippen LogP contribution in [0.3, 0.4) is 0 Å². The van der Waals surface area contributed by atoms with Gasteiger partial charge in [-0.15, -0.1) is 0 Å². The standard InChI is InChI=1S/C53H33N5/c54-34-41-20-7-8-25-42(41)44-29-15-28-43(37-21-13-23-39(32-37)52-55-47-30-11-9-26-45(47)50(57-52)35-16-3-1-4-17-35)49(44)38-22-14-24-40(33-38)53-56-48-31-12-10-27-46(48)51(58-53)36-18-5-2-6-19-36/h1-33H. The predicted molar refractivity (Wildman–Crippen MR) is 235 cm³/mol. The fraction of sp³-hybridized carbons (Fsp3) is 0. The van der Waals surface area contributed by atoms with E-state index >= 15 is 0 Å². The van der Waals surface area contributed by atoms with Gasteiger partial charge in [0.05, 0.1) is 34.1 Å². The fourth-order valence-corrected chi connectivity index (χ4v) is 7.83. The van der Waals surface area contributed by atoms with Crippen LogP contribution in [0.4, 0.5) is 0 Å². The molecule has 0 aliphatic heterocycles. The summed E-state index contributed by atoms with van der Waals surface area (Å²) in [5.41, 5.74) is 13.8. The number of fused-ring (bicyclic) bond motifs is 2. The molecular formula is C53H33N5. The predicted octanol–water partition coefficient (Wildman–Crippen LogP) is 13.1. The number of nitrogens with zero attached hydrogens (tertiary/aromatic N) is 5. The van der Waals surface area contributed by atoms with Crippen LogP contribution in [0.15, 0.2) is 200 Å². The molecule has 0 unspecified atom stereocenters. The minimum atomic E-state index is 0.606. The van der Waals surface area contributed by atoms with Crippen molar-refractivity contribution < 1.29 is 0 Å². The van der Waals surface area contributed by atoms with Gasteiger partial charge in [0.2, 0.25) is 0 Å². The monoisotopic (exact) mass is 739 g/mol. The Morgan fingerprint density at radius 2 is 0.759 bits per heavy atom. The lowest BCUT2D eigenvalue weighted by molar-refractivity contribution is 1.23. The van der Waals surface area contributed by atoms with Gasteiger partial charge in [-0.05, 0) is 58.1 Å².